The summed E-state index contributed by atoms with van der Waals surface area (Å²) in [5.41, 5.74) is 1.69. The van der Waals surface area contributed by atoms with Gasteiger partial charge < -0.3 is 14.4 Å². The molecule has 2 N–H and O–H groups in total. The normalized spacial score (nSPS) is 15.1. The Balaban J connectivity index is 1.74. The molecule has 0 saturated carbocycles. The summed E-state index contributed by atoms with van der Waals surface area (Å²) < 4.78 is 7.07. The monoisotopic (exact) mass is 447 g/mol. The maximum Gasteiger partial charge on any atom is 0.335 e. The highest BCUT2D eigenvalue weighted by molar-refractivity contribution is 7.80. The summed E-state index contributed by atoms with van der Waals surface area (Å²) in [5.74, 6) is -1.79. The predicted molar refractivity (Wildman–Crippen MR) is 122 cm³/mol. The number of aromatic carboxylic acids is 1. The van der Waals surface area contributed by atoms with Crippen molar-refractivity contribution in [2.75, 3.05) is 12.0 Å². The third-order valence-corrected chi connectivity index (χ3v) is 5.18. The number of aromatic nitrogens is 1. The molecule has 1 fully saturated rings. The van der Waals surface area contributed by atoms with E-state index < -0.39 is 17.8 Å². The first kappa shape index (κ1) is 21.0. The molecule has 9 heteroatoms. The zero-order chi connectivity index (χ0) is 22.8. The van der Waals surface area contributed by atoms with Crippen molar-refractivity contribution in [3.8, 4) is 11.4 Å². The van der Waals surface area contributed by atoms with E-state index in [4.69, 9.17) is 22.1 Å². The van der Waals surface area contributed by atoms with E-state index in [2.05, 4.69) is 5.32 Å². The molecule has 0 radical (unpaired) electrons. The Morgan fingerprint density at radius 1 is 1.06 bits per heavy atom. The van der Waals surface area contributed by atoms with Crippen LogP contribution in [-0.4, -0.2) is 39.7 Å². The second-order valence-electron chi connectivity index (χ2n) is 6.78. The van der Waals surface area contributed by atoms with Crippen molar-refractivity contribution in [1.29, 1.82) is 0 Å². The zero-order valence-electron chi connectivity index (χ0n) is 16.8. The smallest absolute Gasteiger partial charge is 0.335 e. The Morgan fingerprint density at radius 3 is 2.47 bits per heavy atom. The van der Waals surface area contributed by atoms with Gasteiger partial charge in [-0.25, -0.2) is 9.69 Å². The van der Waals surface area contributed by atoms with E-state index in [9.17, 15) is 14.4 Å². The molecule has 1 aliphatic heterocycles. The van der Waals surface area contributed by atoms with Crippen LogP contribution in [0.5, 0.6) is 5.75 Å². The van der Waals surface area contributed by atoms with Crippen molar-refractivity contribution in [3.05, 3.63) is 83.7 Å². The lowest BCUT2D eigenvalue weighted by molar-refractivity contribution is -0.122. The van der Waals surface area contributed by atoms with Gasteiger partial charge in [-0.2, -0.15) is 0 Å². The maximum absolute atomic E-state index is 13.3. The van der Waals surface area contributed by atoms with Gasteiger partial charge >= 0.3 is 5.97 Å². The number of nitrogens with one attached hydrogen (secondary N) is 1. The highest BCUT2D eigenvalue weighted by Crippen LogP contribution is 2.31. The van der Waals surface area contributed by atoms with E-state index in [-0.39, 0.29) is 16.2 Å². The third kappa shape index (κ3) is 3.77. The molecule has 0 aliphatic carbocycles. The van der Waals surface area contributed by atoms with Crippen LogP contribution in [-0.2, 0) is 9.59 Å². The molecule has 8 nitrogen and oxygen atoms in total. The number of hydrogen-bond donors (Lipinski definition) is 2. The quantitative estimate of drug-likeness (QED) is 0.354. The molecule has 4 rings (SSSR count). The van der Waals surface area contributed by atoms with Crippen molar-refractivity contribution >= 4 is 46.9 Å². The Bertz CT molecular complexity index is 1280. The van der Waals surface area contributed by atoms with Crippen LogP contribution in [0.3, 0.4) is 0 Å². The first-order chi connectivity index (χ1) is 15.4. The zero-order valence-corrected chi connectivity index (χ0v) is 17.6. The Labute approximate surface area is 188 Å². The lowest BCUT2D eigenvalue weighted by atomic mass is 10.1. The summed E-state index contributed by atoms with van der Waals surface area (Å²) in [7, 11) is 1.48. The number of hydrogen-bond acceptors (Lipinski definition) is 5. The van der Waals surface area contributed by atoms with E-state index in [0.717, 1.165) is 0 Å². The lowest BCUT2D eigenvalue weighted by Gasteiger charge is -2.29. The van der Waals surface area contributed by atoms with Crippen LogP contribution in [0.15, 0.2) is 72.4 Å². The highest BCUT2D eigenvalue weighted by atomic mass is 32.1. The second-order valence-corrected chi connectivity index (χ2v) is 7.17. The van der Waals surface area contributed by atoms with E-state index in [1.165, 1.54) is 30.2 Å². The van der Waals surface area contributed by atoms with Gasteiger partial charge in [-0.05, 0) is 66.8 Å². The molecular formula is C23H17N3O5S. The van der Waals surface area contributed by atoms with Crippen molar-refractivity contribution < 1.29 is 24.2 Å². The van der Waals surface area contributed by atoms with Crippen LogP contribution in [0.2, 0.25) is 0 Å². The van der Waals surface area contributed by atoms with E-state index in [1.807, 2.05) is 0 Å². The van der Waals surface area contributed by atoms with Crippen LogP contribution in [0.25, 0.3) is 11.8 Å². The number of nitrogens with zero attached hydrogens (tertiary/aromatic N) is 2. The number of anilines is 1. The minimum atomic E-state index is -1.02. The standard InChI is InChI=1S/C23H17N3O5S/c1-31-19-7-3-2-6-18(19)26-21(28)17(20(27)24-23(26)32)13-16-5-4-12-25(16)15-10-8-14(9-11-15)22(29)30/h2-13H,1H3,(H,29,30)(H,24,27,32). The highest BCUT2D eigenvalue weighted by Gasteiger charge is 2.36. The molecule has 0 bridgehead atoms. The largest absolute Gasteiger partial charge is 0.495 e. The summed E-state index contributed by atoms with van der Waals surface area (Å²) in [6, 6.07) is 16.6. The average molecular weight is 447 g/mol. The number of rotatable bonds is 5. The SMILES string of the molecule is COc1ccccc1N1C(=O)C(=Cc2cccn2-c2ccc(C(=O)O)cc2)C(=O)NC1=S. The number of para-hydroxylation sites is 2. The van der Waals surface area contributed by atoms with Gasteiger partial charge in [-0.3, -0.25) is 14.9 Å². The summed E-state index contributed by atoms with van der Waals surface area (Å²) in [4.78, 5) is 38.2. The fourth-order valence-corrected chi connectivity index (χ4v) is 3.62. The first-order valence-corrected chi connectivity index (χ1v) is 9.87. The second kappa shape index (κ2) is 8.48. The number of methoxy groups -OCH3 is 1. The lowest BCUT2D eigenvalue weighted by Crippen LogP contribution is -2.54. The minimum absolute atomic E-state index is 0.0405. The Hall–Kier alpha value is -4.24. The van der Waals surface area contributed by atoms with Gasteiger partial charge in [0, 0.05) is 17.6 Å². The Morgan fingerprint density at radius 2 is 1.78 bits per heavy atom. The molecule has 0 atom stereocenters. The summed E-state index contributed by atoms with van der Waals surface area (Å²) >= 11 is 5.24. The molecule has 3 aromatic rings. The van der Waals surface area contributed by atoms with Crippen molar-refractivity contribution in [2.24, 2.45) is 0 Å². The van der Waals surface area contributed by atoms with Crippen LogP contribution >= 0.6 is 12.2 Å². The van der Waals surface area contributed by atoms with Crippen LogP contribution in [0.1, 0.15) is 16.1 Å². The van der Waals surface area contributed by atoms with E-state index in [0.29, 0.717) is 22.8 Å². The summed E-state index contributed by atoms with van der Waals surface area (Å²) in [6.07, 6.45) is 3.21. The van der Waals surface area contributed by atoms with Crippen LogP contribution in [0.4, 0.5) is 5.69 Å². The first-order valence-electron chi connectivity index (χ1n) is 9.46. The molecule has 1 aliphatic rings. The van der Waals surface area contributed by atoms with Crippen LogP contribution < -0.4 is 15.0 Å². The molecule has 2 heterocycles. The molecular weight excluding hydrogens is 430 g/mol. The third-order valence-electron chi connectivity index (χ3n) is 4.89. The van der Waals surface area contributed by atoms with Gasteiger partial charge in [0.1, 0.15) is 11.3 Å². The fraction of sp³-hybridized carbons (Fsp3) is 0.0435. The molecule has 32 heavy (non-hydrogen) atoms. The Kier molecular flexibility index (Phi) is 5.57. The number of amides is 2. The average Bonchev–Trinajstić information content (AvgIpc) is 3.25. The maximum atomic E-state index is 13.3. The predicted octanol–water partition coefficient (Wildman–Crippen LogP) is 3.02. The molecule has 0 unspecified atom stereocenters. The van der Waals surface area contributed by atoms with Gasteiger partial charge in [0.15, 0.2) is 5.11 Å². The minimum Gasteiger partial charge on any atom is -0.495 e. The van der Waals surface area contributed by atoms with Crippen molar-refractivity contribution in [1.82, 2.24) is 9.88 Å². The topological polar surface area (TPSA) is 101 Å². The van der Waals surface area contributed by atoms with Gasteiger partial charge in [-0.1, -0.05) is 12.1 Å². The number of carboxylic acids is 1. The number of thiocarbonyl (C=S) groups is 1. The number of carbonyl (C=O) groups is 3. The molecule has 1 aromatic heterocycles. The number of benzene rings is 2. The van der Waals surface area contributed by atoms with E-state index in [1.54, 1.807) is 59.3 Å². The van der Waals surface area contributed by atoms with E-state index >= 15 is 0 Å². The molecule has 2 amide bonds. The van der Waals surface area contributed by atoms with Crippen molar-refractivity contribution in [3.63, 3.8) is 0 Å². The summed E-state index contributed by atoms with van der Waals surface area (Å²) in [6.45, 7) is 0. The molecule has 0 spiro atoms. The van der Waals surface area contributed by atoms with Gasteiger partial charge in [0.25, 0.3) is 11.8 Å². The molecule has 2 aromatic carbocycles. The van der Waals surface area contributed by atoms with Gasteiger partial charge in [-0.15, -0.1) is 0 Å². The van der Waals surface area contributed by atoms with Crippen LogP contribution in [0, 0.1) is 0 Å². The number of carboxylic acid groups (broad SMARTS) is 1. The van der Waals surface area contributed by atoms with Crippen molar-refractivity contribution in [2.45, 2.75) is 0 Å². The van der Waals surface area contributed by atoms with Gasteiger partial charge in [0.05, 0.1) is 18.4 Å². The number of ether oxygens (including phenoxy) is 1. The molecule has 1 saturated heterocycles. The molecule has 160 valence electrons. The van der Waals surface area contributed by atoms with Gasteiger partial charge in [0.2, 0.25) is 0 Å². The fourth-order valence-electron chi connectivity index (χ4n) is 3.35. The summed E-state index contributed by atoms with van der Waals surface area (Å²) in [5, 5.41) is 11.6. The number of carbonyl (C=O) groups excluding carboxylic acids is 2.